The fourth-order valence-electron chi connectivity index (χ4n) is 2.87. The fourth-order valence-corrected chi connectivity index (χ4v) is 3.66. The van der Waals surface area contributed by atoms with Gasteiger partial charge in [0.05, 0.1) is 36.0 Å². The van der Waals surface area contributed by atoms with Gasteiger partial charge in [-0.25, -0.2) is 9.59 Å². The zero-order valence-corrected chi connectivity index (χ0v) is 16.1. The van der Waals surface area contributed by atoms with E-state index in [4.69, 9.17) is 4.74 Å². The Hall–Kier alpha value is -3.01. The van der Waals surface area contributed by atoms with Gasteiger partial charge in [-0.05, 0) is 36.6 Å². The highest BCUT2D eigenvalue weighted by molar-refractivity contribution is 7.10. The molecule has 0 aliphatic carbocycles. The SMILES string of the molecule is CCOC(=O)C1=C(CNc2cccc(C(F)(F)F)c2)NC(=O)NC1c1cccs1. The summed E-state index contributed by atoms with van der Waals surface area (Å²) in [5, 5.41) is 9.90. The number of rotatable bonds is 6. The van der Waals surface area contributed by atoms with E-state index in [1.807, 2.05) is 5.38 Å². The number of urea groups is 1. The molecule has 3 N–H and O–H groups in total. The number of esters is 1. The lowest BCUT2D eigenvalue weighted by molar-refractivity contribution is -0.139. The summed E-state index contributed by atoms with van der Waals surface area (Å²) in [4.78, 5) is 25.4. The third-order valence-corrected chi connectivity index (χ3v) is 5.07. The number of halogens is 3. The molecule has 2 aromatic rings. The third-order valence-electron chi connectivity index (χ3n) is 4.14. The molecule has 0 radical (unpaired) electrons. The number of nitrogens with one attached hydrogen (secondary N) is 3. The molecule has 1 unspecified atom stereocenters. The molecule has 154 valence electrons. The van der Waals surface area contributed by atoms with E-state index in [1.54, 1.807) is 19.1 Å². The van der Waals surface area contributed by atoms with E-state index in [9.17, 15) is 22.8 Å². The molecule has 3 rings (SSSR count). The molecule has 1 atom stereocenters. The van der Waals surface area contributed by atoms with Gasteiger partial charge in [-0.3, -0.25) is 0 Å². The standard InChI is InChI=1S/C19H18F3N3O3S/c1-2-28-17(26)15-13(24-18(27)25-16(15)14-7-4-8-29-14)10-23-12-6-3-5-11(9-12)19(20,21)22/h3-9,16,23H,2,10H2,1H3,(H2,24,25,27). The minimum atomic E-state index is -4.47. The summed E-state index contributed by atoms with van der Waals surface area (Å²) in [5.41, 5.74) is -0.153. The summed E-state index contributed by atoms with van der Waals surface area (Å²) in [7, 11) is 0. The number of carbonyl (C=O) groups excluding carboxylic acids is 2. The first-order chi connectivity index (χ1) is 13.8. The molecule has 0 bridgehead atoms. The summed E-state index contributed by atoms with van der Waals surface area (Å²) in [5.74, 6) is -0.612. The van der Waals surface area contributed by atoms with Crippen molar-refractivity contribution >= 4 is 29.0 Å². The predicted molar refractivity (Wildman–Crippen MR) is 102 cm³/mol. The van der Waals surface area contributed by atoms with Gasteiger partial charge >= 0.3 is 18.2 Å². The van der Waals surface area contributed by atoms with Gasteiger partial charge in [-0.1, -0.05) is 12.1 Å². The number of amides is 2. The molecule has 0 saturated heterocycles. The van der Waals surface area contributed by atoms with Crippen LogP contribution in [0.15, 0.2) is 53.0 Å². The Morgan fingerprint density at radius 2 is 2.07 bits per heavy atom. The molecule has 0 saturated carbocycles. The first kappa shape index (κ1) is 20.7. The first-order valence-corrected chi connectivity index (χ1v) is 9.59. The average molecular weight is 425 g/mol. The monoisotopic (exact) mass is 425 g/mol. The fraction of sp³-hybridized carbons (Fsp3) is 0.263. The average Bonchev–Trinajstić information content (AvgIpc) is 3.20. The Kier molecular flexibility index (Phi) is 6.12. The van der Waals surface area contributed by atoms with Crippen molar-refractivity contribution in [3.63, 3.8) is 0 Å². The van der Waals surface area contributed by atoms with E-state index in [1.165, 1.54) is 23.5 Å². The Morgan fingerprint density at radius 1 is 1.28 bits per heavy atom. The van der Waals surface area contributed by atoms with E-state index in [0.29, 0.717) is 0 Å². The van der Waals surface area contributed by atoms with Crippen LogP contribution in [0.1, 0.15) is 23.4 Å². The van der Waals surface area contributed by atoms with Crippen LogP contribution in [0.25, 0.3) is 0 Å². The molecule has 0 spiro atoms. The van der Waals surface area contributed by atoms with Gasteiger partial charge in [0.25, 0.3) is 0 Å². The van der Waals surface area contributed by atoms with E-state index in [-0.39, 0.29) is 30.1 Å². The van der Waals surface area contributed by atoms with Crippen LogP contribution in [0, 0.1) is 0 Å². The number of carbonyl (C=O) groups is 2. The van der Waals surface area contributed by atoms with Crippen LogP contribution in [0.2, 0.25) is 0 Å². The maximum absolute atomic E-state index is 12.9. The zero-order chi connectivity index (χ0) is 21.0. The molecule has 0 fully saturated rings. The molecular weight excluding hydrogens is 407 g/mol. The highest BCUT2D eigenvalue weighted by Crippen LogP contribution is 2.32. The number of ether oxygens (including phenoxy) is 1. The van der Waals surface area contributed by atoms with Crippen molar-refractivity contribution in [1.29, 1.82) is 0 Å². The Bertz CT molecular complexity index is 926. The number of hydrogen-bond donors (Lipinski definition) is 3. The molecule has 1 aliphatic heterocycles. The molecular formula is C19H18F3N3O3S. The van der Waals surface area contributed by atoms with Crippen LogP contribution in [0.4, 0.5) is 23.7 Å². The molecule has 2 heterocycles. The van der Waals surface area contributed by atoms with Crippen molar-refractivity contribution in [3.05, 3.63) is 63.5 Å². The molecule has 10 heteroatoms. The number of alkyl halides is 3. The number of benzene rings is 1. The van der Waals surface area contributed by atoms with Crippen molar-refractivity contribution in [2.75, 3.05) is 18.5 Å². The van der Waals surface area contributed by atoms with Gasteiger partial charge in [-0.2, -0.15) is 13.2 Å². The number of anilines is 1. The van der Waals surface area contributed by atoms with Crippen molar-refractivity contribution in [3.8, 4) is 0 Å². The van der Waals surface area contributed by atoms with Crippen LogP contribution in [-0.2, 0) is 15.7 Å². The van der Waals surface area contributed by atoms with Gasteiger partial charge < -0.3 is 20.7 Å². The van der Waals surface area contributed by atoms with Crippen LogP contribution < -0.4 is 16.0 Å². The summed E-state index contributed by atoms with van der Waals surface area (Å²) < 4.78 is 43.9. The molecule has 2 amide bonds. The summed E-state index contributed by atoms with van der Waals surface area (Å²) in [6, 6.07) is 7.02. The van der Waals surface area contributed by atoms with E-state index >= 15 is 0 Å². The smallest absolute Gasteiger partial charge is 0.416 e. The second-order valence-corrected chi connectivity index (χ2v) is 7.07. The van der Waals surface area contributed by atoms with Gasteiger partial charge in [0.15, 0.2) is 0 Å². The topological polar surface area (TPSA) is 79.5 Å². The molecule has 6 nitrogen and oxygen atoms in total. The second-order valence-electron chi connectivity index (χ2n) is 6.09. The minimum Gasteiger partial charge on any atom is -0.463 e. The minimum absolute atomic E-state index is 0.0647. The van der Waals surface area contributed by atoms with Crippen LogP contribution in [-0.4, -0.2) is 25.2 Å². The summed E-state index contributed by atoms with van der Waals surface area (Å²) >= 11 is 1.36. The Morgan fingerprint density at radius 3 is 2.72 bits per heavy atom. The molecule has 1 aliphatic rings. The van der Waals surface area contributed by atoms with Gasteiger partial charge in [0, 0.05) is 10.6 Å². The van der Waals surface area contributed by atoms with Crippen molar-refractivity contribution in [2.45, 2.75) is 19.1 Å². The predicted octanol–water partition coefficient (Wildman–Crippen LogP) is 4.05. The van der Waals surface area contributed by atoms with Crippen molar-refractivity contribution in [1.82, 2.24) is 10.6 Å². The van der Waals surface area contributed by atoms with Crippen molar-refractivity contribution < 1.29 is 27.5 Å². The van der Waals surface area contributed by atoms with Crippen LogP contribution in [0.5, 0.6) is 0 Å². The zero-order valence-electron chi connectivity index (χ0n) is 15.3. The van der Waals surface area contributed by atoms with E-state index in [0.717, 1.165) is 17.0 Å². The highest BCUT2D eigenvalue weighted by Gasteiger charge is 2.34. The largest absolute Gasteiger partial charge is 0.463 e. The van der Waals surface area contributed by atoms with Gasteiger partial charge in [0.1, 0.15) is 0 Å². The van der Waals surface area contributed by atoms with Crippen molar-refractivity contribution in [2.24, 2.45) is 0 Å². The quantitative estimate of drug-likeness (QED) is 0.610. The molecule has 29 heavy (non-hydrogen) atoms. The molecule has 1 aromatic carbocycles. The lowest BCUT2D eigenvalue weighted by Gasteiger charge is -2.28. The third kappa shape index (κ3) is 4.89. The first-order valence-electron chi connectivity index (χ1n) is 8.71. The van der Waals surface area contributed by atoms with E-state index in [2.05, 4.69) is 16.0 Å². The molecule has 1 aromatic heterocycles. The maximum Gasteiger partial charge on any atom is 0.416 e. The second kappa shape index (κ2) is 8.56. The summed E-state index contributed by atoms with van der Waals surface area (Å²) in [6.07, 6.45) is -4.47. The van der Waals surface area contributed by atoms with Gasteiger partial charge in [-0.15, -0.1) is 11.3 Å². The summed E-state index contributed by atoms with van der Waals surface area (Å²) in [6.45, 7) is 1.74. The number of hydrogen-bond acceptors (Lipinski definition) is 5. The lowest BCUT2D eigenvalue weighted by atomic mass is 10.0. The maximum atomic E-state index is 12.9. The lowest BCUT2D eigenvalue weighted by Crippen LogP contribution is -2.47. The highest BCUT2D eigenvalue weighted by atomic mass is 32.1. The Labute approximate surface area is 168 Å². The van der Waals surface area contributed by atoms with Gasteiger partial charge in [0.2, 0.25) is 0 Å². The Balaban J connectivity index is 1.91. The van der Waals surface area contributed by atoms with Crippen LogP contribution in [0.3, 0.4) is 0 Å². The number of thiophene rings is 1. The normalized spacial score (nSPS) is 16.8. The van der Waals surface area contributed by atoms with Crippen LogP contribution >= 0.6 is 11.3 Å². The van der Waals surface area contributed by atoms with E-state index < -0.39 is 29.8 Å².